The molecule has 0 bridgehead atoms. The molecule has 1 aromatic heterocycles. The number of anilines is 2. The molecule has 19 heavy (non-hydrogen) atoms. The molecule has 0 atom stereocenters. The zero-order chi connectivity index (χ0) is 14.3. The molecule has 2 N–H and O–H groups in total. The minimum absolute atomic E-state index is 0.143. The Morgan fingerprint density at radius 3 is 2.47 bits per heavy atom. The number of thioether (sulfide) groups is 1. The summed E-state index contributed by atoms with van der Waals surface area (Å²) in [5.41, 5.74) is -0.143. The fraction of sp³-hybridized carbons (Fsp3) is 0.600. The highest BCUT2D eigenvalue weighted by Gasteiger charge is 2.24. The van der Waals surface area contributed by atoms with Gasteiger partial charge in [-0.1, -0.05) is 11.8 Å². The highest BCUT2D eigenvalue weighted by molar-refractivity contribution is 7.98. The molecule has 0 aromatic carbocycles. The van der Waals surface area contributed by atoms with Crippen molar-refractivity contribution in [1.82, 2.24) is 9.97 Å². The van der Waals surface area contributed by atoms with Crippen LogP contribution in [0, 0.1) is 10.1 Å². The van der Waals surface area contributed by atoms with Crippen molar-refractivity contribution in [3.05, 3.63) is 10.1 Å². The molecule has 1 rings (SSSR count). The van der Waals surface area contributed by atoms with Crippen molar-refractivity contribution in [3.8, 4) is 0 Å². The Hall–Kier alpha value is -1.61. The summed E-state index contributed by atoms with van der Waals surface area (Å²) >= 11 is 1.33. The van der Waals surface area contributed by atoms with Crippen LogP contribution < -0.4 is 10.6 Å². The molecular weight excluding hydrogens is 270 g/mol. The number of hydrogen-bond donors (Lipinski definition) is 2. The molecule has 8 nitrogen and oxygen atoms in total. The molecule has 0 saturated heterocycles. The first-order valence-corrected chi connectivity index (χ1v) is 6.93. The van der Waals surface area contributed by atoms with Gasteiger partial charge in [0.05, 0.1) is 11.5 Å². The van der Waals surface area contributed by atoms with Crippen molar-refractivity contribution < 1.29 is 9.66 Å². The second kappa shape index (κ2) is 7.74. The Balaban J connectivity index is 3.14. The average molecular weight is 287 g/mol. The standard InChI is InChI=1S/C10H17N5O3S/c1-4-11-8-7(15(16)17)9(12-5-6-18-2)14-10(13-8)19-3/h4-6H2,1-3H3,(H2,11,12,13,14). The maximum absolute atomic E-state index is 11.2. The van der Waals surface area contributed by atoms with E-state index in [4.69, 9.17) is 4.74 Å². The molecule has 0 amide bonds. The number of aromatic nitrogens is 2. The van der Waals surface area contributed by atoms with E-state index >= 15 is 0 Å². The first-order chi connectivity index (χ1) is 9.13. The van der Waals surface area contributed by atoms with Gasteiger partial charge in [-0.25, -0.2) is 0 Å². The SMILES string of the molecule is CCNc1nc(SC)nc(NCCOC)c1[N+](=O)[O-]. The number of nitrogens with one attached hydrogen (secondary N) is 2. The number of hydrogen-bond acceptors (Lipinski definition) is 8. The van der Waals surface area contributed by atoms with E-state index in [1.165, 1.54) is 11.8 Å². The highest BCUT2D eigenvalue weighted by Crippen LogP contribution is 2.31. The minimum atomic E-state index is -0.489. The zero-order valence-corrected chi connectivity index (χ0v) is 11.9. The summed E-state index contributed by atoms with van der Waals surface area (Å²) < 4.78 is 4.90. The van der Waals surface area contributed by atoms with Gasteiger partial charge in [0.1, 0.15) is 0 Å². The number of nitro groups is 1. The molecule has 0 unspecified atom stereocenters. The summed E-state index contributed by atoms with van der Waals surface area (Å²) in [7, 11) is 1.56. The normalized spacial score (nSPS) is 10.3. The van der Waals surface area contributed by atoms with Gasteiger partial charge in [0, 0.05) is 20.2 Å². The molecule has 0 aliphatic rings. The van der Waals surface area contributed by atoms with Crippen LogP contribution in [0.3, 0.4) is 0 Å². The third kappa shape index (κ3) is 4.21. The molecule has 1 aromatic rings. The van der Waals surface area contributed by atoms with E-state index in [0.29, 0.717) is 24.9 Å². The van der Waals surface area contributed by atoms with Crippen LogP contribution in [0.25, 0.3) is 0 Å². The van der Waals surface area contributed by atoms with Crippen LogP contribution in [-0.2, 0) is 4.74 Å². The van der Waals surface area contributed by atoms with Crippen molar-refractivity contribution in [2.45, 2.75) is 12.1 Å². The van der Waals surface area contributed by atoms with Crippen LogP contribution in [-0.4, -0.2) is 48.0 Å². The average Bonchev–Trinajstić information content (AvgIpc) is 2.38. The fourth-order valence-corrected chi connectivity index (χ4v) is 1.75. The Morgan fingerprint density at radius 2 is 2.00 bits per heavy atom. The number of nitrogens with zero attached hydrogens (tertiary/aromatic N) is 3. The van der Waals surface area contributed by atoms with Gasteiger partial charge >= 0.3 is 5.69 Å². The molecule has 1 heterocycles. The molecule has 0 spiro atoms. The van der Waals surface area contributed by atoms with Crippen molar-refractivity contribution in [2.24, 2.45) is 0 Å². The van der Waals surface area contributed by atoms with Gasteiger partial charge in [0.2, 0.25) is 11.6 Å². The number of rotatable bonds is 8. The van der Waals surface area contributed by atoms with E-state index in [9.17, 15) is 10.1 Å². The van der Waals surface area contributed by atoms with Crippen LogP contribution in [0.5, 0.6) is 0 Å². The number of methoxy groups -OCH3 is 1. The van der Waals surface area contributed by atoms with Crippen molar-refractivity contribution in [2.75, 3.05) is 43.7 Å². The number of ether oxygens (including phenoxy) is 1. The van der Waals surface area contributed by atoms with Crippen molar-refractivity contribution in [3.63, 3.8) is 0 Å². The highest BCUT2D eigenvalue weighted by atomic mass is 32.2. The summed E-state index contributed by atoms with van der Waals surface area (Å²) in [5, 5.41) is 17.4. The van der Waals surface area contributed by atoms with E-state index in [-0.39, 0.29) is 17.3 Å². The monoisotopic (exact) mass is 287 g/mol. The first kappa shape index (κ1) is 15.4. The van der Waals surface area contributed by atoms with Gasteiger partial charge in [0.25, 0.3) is 0 Å². The Bertz CT molecular complexity index is 443. The van der Waals surface area contributed by atoms with Gasteiger partial charge in [-0.15, -0.1) is 0 Å². The van der Waals surface area contributed by atoms with Crippen LogP contribution in [0.1, 0.15) is 6.92 Å². The Morgan fingerprint density at radius 1 is 1.37 bits per heavy atom. The van der Waals surface area contributed by atoms with Crippen LogP contribution in [0.15, 0.2) is 5.16 Å². The third-order valence-electron chi connectivity index (χ3n) is 2.17. The predicted octanol–water partition coefficient (Wildman–Crippen LogP) is 1.60. The van der Waals surface area contributed by atoms with Gasteiger partial charge in [-0.3, -0.25) is 10.1 Å². The largest absolute Gasteiger partial charge is 0.383 e. The summed E-state index contributed by atoms with van der Waals surface area (Å²) in [6, 6.07) is 0. The molecule has 0 saturated carbocycles. The van der Waals surface area contributed by atoms with Gasteiger partial charge in [-0.2, -0.15) is 9.97 Å². The van der Waals surface area contributed by atoms with E-state index in [0.717, 1.165) is 0 Å². The predicted molar refractivity (Wildman–Crippen MR) is 75.0 cm³/mol. The van der Waals surface area contributed by atoms with Crippen LogP contribution in [0.4, 0.5) is 17.3 Å². The van der Waals surface area contributed by atoms with E-state index in [1.54, 1.807) is 7.11 Å². The molecule has 0 aliphatic carbocycles. The second-order valence-corrected chi connectivity index (χ2v) is 4.24. The van der Waals surface area contributed by atoms with Crippen LogP contribution >= 0.6 is 11.8 Å². The van der Waals surface area contributed by atoms with Gasteiger partial charge < -0.3 is 15.4 Å². The van der Waals surface area contributed by atoms with Crippen molar-refractivity contribution in [1.29, 1.82) is 0 Å². The third-order valence-corrected chi connectivity index (χ3v) is 2.72. The summed E-state index contributed by atoms with van der Waals surface area (Å²) in [5.74, 6) is 0.434. The van der Waals surface area contributed by atoms with E-state index in [1.807, 2.05) is 13.2 Å². The Kier molecular flexibility index (Phi) is 6.30. The lowest BCUT2D eigenvalue weighted by molar-refractivity contribution is -0.383. The maximum atomic E-state index is 11.2. The molecular formula is C10H17N5O3S. The van der Waals surface area contributed by atoms with Gasteiger partial charge in [-0.05, 0) is 13.2 Å². The summed E-state index contributed by atoms with van der Waals surface area (Å²) in [6.45, 7) is 3.27. The molecule has 0 aliphatic heterocycles. The second-order valence-electron chi connectivity index (χ2n) is 3.46. The Labute approximate surface area is 115 Å². The lowest BCUT2D eigenvalue weighted by atomic mass is 10.4. The van der Waals surface area contributed by atoms with Crippen molar-refractivity contribution >= 4 is 29.1 Å². The van der Waals surface area contributed by atoms with E-state index < -0.39 is 4.92 Å². The minimum Gasteiger partial charge on any atom is -0.383 e. The summed E-state index contributed by atoms with van der Waals surface area (Å²) in [6.07, 6.45) is 1.82. The first-order valence-electron chi connectivity index (χ1n) is 5.71. The molecule has 9 heteroatoms. The molecule has 0 fully saturated rings. The topological polar surface area (TPSA) is 102 Å². The van der Waals surface area contributed by atoms with E-state index in [2.05, 4.69) is 20.6 Å². The fourth-order valence-electron chi connectivity index (χ4n) is 1.38. The lowest BCUT2D eigenvalue weighted by Gasteiger charge is -2.10. The smallest absolute Gasteiger partial charge is 0.353 e. The zero-order valence-electron chi connectivity index (χ0n) is 11.1. The lowest BCUT2D eigenvalue weighted by Crippen LogP contribution is -2.14. The quantitative estimate of drug-likeness (QED) is 0.244. The van der Waals surface area contributed by atoms with Gasteiger partial charge in [0.15, 0.2) is 5.16 Å². The molecule has 0 radical (unpaired) electrons. The summed E-state index contributed by atoms with van der Waals surface area (Å²) in [4.78, 5) is 18.9. The molecule has 106 valence electrons. The maximum Gasteiger partial charge on any atom is 0.353 e. The van der Waals surface area contributed by atoms with Crippen LogP contribution in [0.2, 0.25) is 0 Å².